The monoisotopic (exact) mass is 256 g/mol. The zero-order valence-corrected chi connectivity index (χ0v) is 13.0. The van der Waals surface area contributed by atoms with Crippen LogP contribution in [0.15, 0.2) is 0 Å². The van der Waals surface area contributed by atoms with E-state index in [1.165, 1.54) is 25.7 Å². The van der Waals surface area contributed by atoms with Gasteiger partial charge in [-0.2, -0.15) is 0 Å². The second-order valence-corrected chi connectivity index (χ2v) is 6.21. The molecule has 0 saturated carbocycles. The third-order valence-corrected chi connectivity index (χ3v) is 4.37. The Labute approximate surface area is 113 Å². The summed E-state index contributed by atoms with van der Waals surface area (Å²) in [5.41, 5.74) is 0.280. The first-order chi connectivity index (χ1) is 8.49. The van der Waals surface area contributed by atoms with Crippen molar-refractivity contribution in [3.8, 4) is 0 Å². The summed E-state index contributed by atoms with van der Waals surface area (Å²) in [6.07, 6.45) is 5.65. The minimum absolute atomic E-state index is 0.280. The van der Waals surface area contributed by atoms with Gasteiger partial charge in [-0.3, -0.25) is 4.90 Å². The molecule has 0 aliphatic carbocycles. The van der Waals surface area contributed by atoms with Crippen LogP contribution in [0, 0.1) is 0 Å². The third-order valence-electron chi connectivity index (χ3n) is 4.37. The average molecular weight is 256 g/mol. The first-order valence-corrected chi connectivity index (χ1v) is 7.57. The van der Waals surface area contributed by atoms with E-state index < -0.39 is 0 Å². The Morgan fingerprint density at radius 3 is 2.50 bits per heavy atom. The predicted molar refractivity (Wildman–Crippen MR) is 78.1 cm³/mol. The molecule has 0 spiro atoms. The van der Waals surface area contributed by atoms with Gasteiger partial charge in [0.2, 0.25) is 0 Å². The van der Waals surface area contributed by atoms with Crippen molar-refractivity contribution in [1.29, 1.82) is 0 Å². The van der Waals surface area contributed by atoms with Crippen molar-refractivity contribution < 1.29 is 4.74 Å². The minimum atomic E-state index is 0.280. The molecule has 1 rings (SSSR count). The molecule has 0 aromatic rings. The molecular formula is C15H32N2O. The Bertz CT molecular complexity index is 231. The lowest BCUT2D eigenvalue weighted by Gasteiger charge is -2.36. The predicted octanol–water partition coefficient (Wildman–Crippen LogP) is 2.65. The number of hydrogen-bond donors (Lipinski definition) is 1. The molecular weight excluding hydrogens is 224 g/mol. The van der Waals surface area contributed by atoms with Gasteiger partial charge in [-0.1, -0.05) is 13.8 Å². The quantitative estimate of drug-likeness (QED) is 0.676. The van der Waals surface area contributed by atoms with Gasteiger partial charge in [0.25, 0.3) is 0 Å². The molecule has 0 bridgehead atoms. The van der Waals surface area contributed by atoms with Gasteiger partial charge >= 0.3 is 0 Å². The summed E-state index contributed by atoms with van der Waals surface area (Å²) in [6, 6.07) is 0. The SMILES string of the molecule is CCCNCC1CCC(CN(C)C(C)(C)CC)O1. The highest BCUT2D eigenvalue weighted by Gasteiger charge is 2.29. The minimum Gasteiger partial charge on any atom is -0.372 e. The largest absolute Gasteiger partial charge is 0.372 e. The van der Waals surface area contributed by atoms with Gasteiger partial charge in [-0.15, -0.1) is 0 Å². The van der Waals surface area contributed by atoms with Crippen molar-refractivity contribution in [3.05, 3.63) is 0 Å². The molecule has 1 aliphatic heterocycles. The molecule has 18 heavy (non-hydrogen) atoms. The smallest absolute Gasteiger partial charge is 0.0707 e. The van der Waals surface area contributed by atoms with Crippen molar-refractivity contribution in [3.63, 3.8) is 0 Å². The van der Waals surface area contributed by atoms with Gasteiger partial charge in [0, 0.05) is 18.6 Å². The highest BCUT2D eigenvalue weighted by Crippen LogP contribution is 2.23. The molecule has 1 aliphatic rings. The molecule has 0 aromatic carbocycles. The highest BCUT2D eigenvalue weighted by molar-refractivity contribution is 4.83. The normalized spacial score (nSPS) is 25.0. The number of hydrogen-bond acceptors (Lipinski definition) is 3. The van der Waals surface area contributed by atoms with E-state index in [2.05, 4.69) is 45.0 Å². The summed E-state index contributed by atoms with van der Waals surface area (Å²) in [5.74, 6) is 0. The molecule has 1 N–H and O–H groups in total. The first kappa shape index (κ1) is 15.9. The summed E-state index contributed by atoms with van der Waals surface area (Å²) in [6.45, 7) is 12.3. The van der Waals surface area contributed by atoms with E-state index in [1.807, 2.05) is 0 Å². The van der Waals surface area contributed by atoms with Crippen LogP contribution < -0.4 is 5.32 Å². The molecule has 3 nitrogen and oxygen atoms in total. The van der Waals surface area contributed by atoms with Crippen LogP contribution >= 0.6 is 0 Å². The molecule has 1 saturated heterocycles. The van der Waals surface area contributed by atoms with Crippen molar-refractivity contribution in [2.75, 3.05) is 26.7 Å². The lowest BCUT2D eigenvalue weighted by atomic mass is 9.99. The van der Waals surface area contributed by atoms with Crippen molar-refractivity contribution in [2.24, 2.45) is 0 Å². The van der Waals surface area contributed by atoms with Gasteiger partial charge in [-0.05, 0) is 53.1 Å². The van der Waals surface area contributed by atoms with Crippen molar-refractivity contribution in [1.82, 2.24) is 10.2 Å². The van der Waals surface area contributed by atoms with E-state index in [1.54, 1.807) is 0 Å². The standard InChI is InChI=1S/C15H32N2O/c1-6-10-16-11-13-8-9-14(18-13)12-17(5)15(3,4)7-2/h13-14,16H,6-12H2,1-5H3. The fourth-order valence-electron chi connectivity index (χ4n) is 2.33. The average Bonchev–Trinajstić information content (AvgIpc) is 2.77. The summed E-state index contributed by atoms with van der Waals surface area (Å²) >= 11 is 0. The van der Waals surface area contributed by atoms with Crippen LogP contribution in [0.2, 0.25) is 0 Å². The summed E-state index contributed by atoms with van der Waals surface area (Å²) in [4.78, 5) is 2.44. The van der Waals surface area contributed by atoms with Gasteiger partial charge in [0.15, 0.2) is 0 Å². The van der Waals surface area contributed by atoms with Crippen LogP contribution in [0.3, 0.4) is 0 Å². The Balaban J connectivity index is 2.25. The Kier molecular flexibility index (Phi) is 6.61. The fraction of sp³-hybridized carbons (Fsp3) is 1.00. The number of nitrogens with one attached hydrogen (secondary N) is 1. The van der Waals surface area contributed by atoms with Crippen LogP contribution in [0.25, 0.3) is 0 Å². The lowest BCUT2D eigenvalue weighted by Crippen LogP contribution is -2.44. The lowest BCUT2D eigenvalue weighted by molar-refractivity contribution is 0.00805. The summed E-state index contributed by atoms with van der Waals surface area (Å²) < 4.78 is 6.11. The molecule has 3 heteroatoms. The van der Waals surface area contributed by atoms with E-state index in [0.29, 0.717) is 12.2 Å². The molecule has 0 radical (unpaired) electrons. The number of likely N-dealkylation sites (N-methyl/N-ethyl adjacent to an activating group) is 1. The maximum atomic E-state index is 6.11. The Morgan fingerprint density at radius 2 is 1.89 bits per heavy atom. The van der Waals surface area contributed by atoms with E-state index in [-0.39, 0.29) is 5.54 Å². The number of rotatable bonds is 8. The van der Waals surface area contributed by atoms with Gasteiger partial charge in [0.05, 0.1) is 12.2 Å². The molecule has 1 heterocycles. The van der Waals surface area contributed by atoms with Crippen molar-refractivity contribution in [2.45, 2.75) is 71.1 Å². The maximum absolute atomic E-state index is 6.11. The molecule has 1 fully saturated rings. The highest BCUT2D eigenvalue weighted by atomic mass is 16.5. The topological polar surface area (TPSA) is 24.5 Å². The van der Waals surface area contributed by atoms with Gasteiger partial charge in [-0.25, -0.2) is 0 Å². The van der Waals surface area contributed by atoms with E-state index in [4.69, 9.17) is 4.74 Å². The van der Waals surface area contributed by atoms with Crippen LogP contribution in [0.1, 0.15) is 53.4 Å². The van der Waals surface area contributed by atoms with Crippen LogP contribution in [0.5, 0.6) is 0 Å². The fourth-order valence-corrected chi connectivity index (χ4v) is 2.33. The van der Waals surface area contributed by atoms with Crippen LogP contribution in [-0.4, -0.2) is 49.3 Å². The van der Waals surface area contributed by atoms with E-state index in [0.717, 1.165) is 19.6 Å². The van der Waals surface area contributed by atoms with E-state index in [9.17, 15) is 0 Å². The molecule has 108 valence electrons. The first-order valence-electron chi connectivity index (χ1n) is 7.57. The summed E-state index contributed by atoms with van der Waals surface area (Å²) in [7, 11) is 2.22. The molecule has 2 unspecified atom stereocenters. The Morgan fingerprint density at radius 1 is 1.22 bits per heavy atom. The molecule has 0 aromatic heterocycles. The number of ether oxygens (including phenoxy) is 1. The molecule has 2 atom stereocenters. The van der Waals surface area contributed by atoms with E-state index >= 15 is 0 Å². The van der Waals surface area contributed by atoms with Crippen LogP contribution in [-0.2, 0) is 4.74 Å². The zero-order chi connectivity index (χ0) is 13.6. The zero-order valence-electron chi connectivity index (χ0n) is 13.0. The summed E-state index contributed by atoms with van der Waals surface area (Å²) in [5, 5.41) is 3.45. The molecule has 0 amide bonds. The van der Waals surface area contributed by atoms with Crippen LogP contribution in [0.4, 0.5) is 0 Å². The second-order valence-electron chi connectivity index (χ2n) is 6.21. The van der Waals surface area contributed by atoms with Gasteiger partial charge in [0.1, 0.15) is 0 Å². The third kappa shape index (κ3) is 4.87. The Hall–Kier alpha value is -0.120. The maximum Gasteiger partial charge on any atom is 0.0707 e. The second kappa shape index (κ2) is 7.46. The van der Waals surface area contributed by atoms with Gasteiger partial charge < -0.3 is 10.1 Å². The number of nitrogens with zero attached hydrogens (tertiary/aromatic N) is 1. The van der Waals surface area contributed by atoms with Crippen molar-refractivity contribution >= 4 is 0 Å².